The molecule has 6 aromatic carbocycles. The molecule has 3 heteroatoms. The normalized spacial score (nSPS) is 12.3. The molecule has 8 rings (SSSR count). The molecule has 0 aliphatic carbocycles. The summed E-state index contributed by atoms with van der Waals surface area (Å²) in [6.45, 7) is 13.1. The van der Waals surface area contributed by atoms with Crippen molar-refractivity contribution in [3.05, 3.63) is 175 Å². The van der Waals surface area contributed by atoms with Crippen molar-refractivity contribution >= 4 is 60.7 Å². The maximum atomic E-state index is 4.97. The van der Waals surface area contributed by atoms with Crippen LogP contribution in [0, 0.1) is 0 Å². The van der Waals surface area contributed by atoms with Gasteiger partial charge in [0.05, 0.1) is 22.1 Å². The molecule has 0 N–H and O–H groups in total. The van der Waals surface area contributed by atoms with Crippen molar-refractivity contribution in [2.45, 2.75) is 34.1 Å². The van der Waals surface area contributed by atoms with E-state index in [0.29, 0.717) is 5.82 Å². The van der Waals surface area contributed by atoms with Crippen LogP contribution in [0.5, 0.6) is 0 Å². The van der Waals surface area contributed by atoms with E-state index in [2.05, 4.69) is 170 Å². The number of fused-ring (bicyclic) bond motifs is 6. The van der Waals surface area contributed by atoms with Gasteiger partial charge < -0.3 is 4.57 Å². The molecule has 0 fully saturated rings. The zero-order valence-electron chi connectivity index (χ0n) is 28.7. The van der Waals surface area contributed by atoms with Crippen LogP contribution >= 0.6 is 0 Å². The van der Waals surface area contributed by atoms with Gasteiger partial charge in [-0.15, -0.1) is 0 Å². The molecule has 3 nitrogen and oxygen atoms in total. The minimum Gasteiger partial charge on any atom is -0.309 e. The summed E-state index contributed by atoms with van der Waals surface area (Å²) in [4.78, 5) is 4.97. The van der Waals surface area contributed by atoms with Gasteiger partial charge in [-0.25, -0.2) is 4.99 Å². The first-order valence-corrected chi connectivity index (χ1v) is 17.0. The van der Waals surface area contributed by atoms with Crippen molar-refractivity contribution in [2.75, 3.05) is 0 Å². The van der Waals surface area contributed by atoms with Crippen LogP contribution in [-0.4, -0.2) is 14.8 Å². The van der Waals surface area contributed by atoms with Crippen molar-refractivity contribution < 1.29 is 0 Å². The van der Waals surface area contributed by atoms with Crippen LogP contribution in [-0.2, 0) is 0 Å². The zero-order chi connectivity index (χ0) is 33.9. The lowest BCUT2D eigenvalue weighted by atomic mass is 10.0. The Hall–Kier alpha value is -5.93. The Morgan fingerprint density at radius 2 is 1.02 bits per heavy atom. The molecule has 2 heterocycles. The largest absolute Gasteiger partial charge is 0.309 e. The van der Waals surface area contributed by atoms with Crippen LogP contribution in [0.4, 0.5) is 0 Å². The number of hydrogen-bond donors (Lipinski definition) is 0. The number of para-hydroxylation sites is 3. The van der Waals surface area contributed by atoms with Crippen molar-refractivity contribution in [1.29, 1.82) is 0 Å². The highest BCUT2D eigenvalue weighted by Crippen LogP contribution is 2.39. The molecule has 0 atom stereocenters. The van der Waals surface area contributed by atoms with Crippen LogP contribution < -0.4 is 0 Å². The van der Waals surface area contributed by atoms with Crippen molar-refractivity contribution in [3.63, 3.8) is 0 Å². The van der Waals surface area contributed by atoms with Crippen LogP contribution in [0.2, 0.25) is 0 Å². The summed E-state index contributed by atoms with van der Waals surface area (Å²) in [5.74, 6) is 0.707. The van der Waals surface area contributed by atoms with Gasteiger partial charge in [-0.2, -0.15) is 0 Å². The second kappa shape index (κ2) is 13.7. The van der Waals surface area contributed by atoms with Crippen LogP contribution in [0.3, 0.4) is 0 Å². The standard InChI is InChI=1S/C34H25N3.C12H16/c1-23(25-13-5-3-6-14-25)35-24(2)36-31-19-11-9-17-27(31)29-22-34-30(21-33(29)36)28-18-10-12-20-32(28)37(34)26-15-7-4-8-16-26;1-4-10(2)11(3)12-8-6-5-7-9-12/h3-22H,2H2,1H3;5-9H,4H2,1-3H3/b35-23+;. The minimum absolute atomic E-state index is 0.707. The van der Waals surface area contributed by atoms with E-state index in [-0.39, 0.29) is 0 Å². The molecule has 0 aliphatic heterocycles. The van der Waals surface area contributed by atoms with Crippen molar-refractivity contribution in [3.8, 4) is 5.69 Å². The summed E-state index contributed by atoms with van der Waals surface area (Å²) < 4.78 is 4.56. The lowest BCUT2D eigenvalue weighted by Crippen LogP contribution is -1.99. The molecule has 240 valence electrons. The third-order valence-electron chi connectivity index (χ3n) is 9.60. The quantitative estimate of drug-likeness (QED) is 0.162. The molecule has 0 amide bonds. The van der Waals surface area contributed by atoms with Crippen LogP contribution in [0.25, 0.3) is 60.7 Å². The Morgan fingerprint density at radius 1 is 0.531 bits per heavy atom. The summed E-state index contributed by atoms with van der Waals surface area (Å²) in [6.07, 6.45) is 1.14. The molecule has 0 spiro atoms. The first kappa shape index (κ1) is 31.7. The van der Waals surface area contributed by atoms with Gasteiger partial charge in [0, 0.05) is 32.9 Å². The van der Waals surface area contributed by atoms with E-state index in [4.69, 9.17) is 4.99 Å². The summed E-state index contributed by atoms with van der Waals surface area (Å²) in [5.41, 5.74) is 12.0. The average molecular weight is 636 g/mol. The highest BCUT2D eigenvalue weighted by Gasteiger charge is 2.18. The van der Waals surface area contributed by atoms with Crippen molar-refractivity contribution in [1.82, 2.24) is 9.13 Å². The van der Waals surface area contributed by atoms with E-state index in [1.807, 2.05) is 25.1 Å². The fourth-order valence-corrected chi connectivity index (χ4v) is 6.75. The summed E-state index contributed by atoms with van der Waals surface area (Å²) in [5, 5.41) is 4.83. The Morgan fingerprint density at radius 3 is 1.65 bits per heavy atom. The van der Waals surface area contributed by atoms with Gasteiger partial charge in [-0.3, -0.25) is 4.57 Å². The van der Waals surface area contributed by atoms with E-state index in [0.717, 1.165) is 34.4 Å². The molecular formula is C46H41N3. The Bertz CT molecular complexity index is 2490. The van der Waals surface area contributed by atoms with Crippen molar-refractivity contribution in [2.24, 2.45) is 4.99 Å². The van der Waals surface area contributed by atoms with Gasteiger partial charge in [0.1, 0.15) is 5.82 Å². The summed E-state index contributed by atoms with van der Waals surface area (Å²) in [6, 6.07) is 53.2. The third kappa shape index (κ3) is 6.00. The topological polar surface area (TPSA) is 22.2 Å². The molecule has 8 aromatic rings. The first-order valence-electron chi connectivity index (χ1n) is 17.0. The Kier molecular flexibility index (Phi) is 8.83. The molecule has 0 aliphatic rings. The van der Waals surface area contributed by atoms with E-state index in [1.165, 1.54) is 49.3 Å². The molecule has 0 radical (unpaired) electrons. The maximum absolute atomic E-state index is 4.97. The number of rotatable bonds is 6. The van der Waals surface area contributed by atoms with Gasteiger partial charge in [-0.1, -0.05) is 134 Å². The summed E-state index contributed by atoms with van der Waals surface area (Å²) >= 11 is 0. The number of aromatic nitrogens is 2. The van der Waals surface area contributed by atoms with E-state index < -0.39 is 0 Å². The first-order chi connectivity index (χ1) is 24.0. The van der Waals surface area contributed by atoms with E-state index >= 15 is 0 Å². The number of hydrogen-bond acceptors (Lipinski definition) is 1. The van der Waals surface area contributed by atoms with Gasteiger partial charge >= 0.3 is 0 Å². The Balaban J connectivity index is 0.000000269. The highest BCUT2D eigenvalue weighted by atomic mass is 15.1. The molecule has 49 heavy (non-hydrogen) atoms. The lowest BCUT2D eigenvalue weighted by Gasteiger charge is -2.09. The lowest BCUT2D eigenvalue weighted by molar-refractivity contribution is 1.10. The van der Waals surface area contributed by atoms with E-state index in [1.54, 1.807) is 0 Å². The number of aliphatic imine (C=N–C) groups is 1. The fraction of sp³-hybridized carbons (Fsp3) is 0.109. The number of nitrogens with zero attached hydrogens (tertiary/aromatic N) is 3. The highest BCUT2D eigenvalue weighted by molar-refractivity contribution is 6.19. The van der Waals surface area contributed by atoms with Gasteiger partial charge in [0.15, 0.2) is 0 Å². The smallest absolute Gasteiger partial charge is 0.130 e. The van der Waals surface area contributed by atoms with Gasteiger partial charge in [0.2, 0.25) is 0 Å². The van der Waals surface area contributed by atoms with E-state index in [9.17, 15) is 0 Å². The minimum atomic E-state index is 0.707. The molecule has 0 saturated heterocycles. The second-order valence-corrected chi connectivity index (χ2v) is 12.5. The monoisotopic (exact) mass is 635 g/mol. The predicted molar refractivity (Wildman–Crippen MR) is 213 cm³/mol. The molecule has 0 unspecified atom stereocenters. The third-order valence-corrected chi connectivity index (χ3v) is 9.60. The van der Waals surface area contributed by atoms with Crippen LogP contribution in [0.15, 0.2) is 169 Å². The molecular weight excluding hydrogens is 595 g/mol. The molecule has 0 bridgehead atoms. The average Bonchev–Trinajstić information content (AvgIpc) is 3.66. The number of allylic oxidation sites excluding steroid dienone is 2. The van der Waals surface area contributed by atoms with Crippen LogP contribution in [0.1, 0.15) is 45.2 Å². The number of benzene rings is 6. The van der Waals surface area contributed by atoms with Gasteiger partial charge in [-0.05, 0) is 80.3 Å². The SMILES string of the molecule is C=C(/N=C(\C)c1ccccc1)n1c2ccccc2c2cc3c(cc21)c1ccccc1n3-c1ccccc1.CCC(C)=C(C)c1ccccc1. The zero-order valence-corrected chi connectivity index (χ0v) is 28.7. The summed E-state index contributed by atoms with van der Waals surface area (Å²) in [7, 11) is 0. The second-order valence-electron chi connectivity index (χ2n) is 12.5. The van der Waals surface area contributed by atoms with Gasteiger partial charge in [0.25, 0.3) is 0 Å². The predicted octanol–water partition coefficient (Wildman–Crippen LogP) is 12.7. The maximum Gasteiger partial charge on any atom is 0.130 e. The fourth-order valence-electron chi connectivity index (χ4n) is 6.75. The molecule has 0 saturated carbocycles. The molecule has 2 aromatic heterocycles. The Labute approximate surface area is 288 Å².